The van der Waals surface area contributed by atoms with Crippen LogP contribution in [0.25, 0.3) is 10.9 Å². The zero-order valence-electron chi connectivity index (χ0n) is 24.1. The second-order valence-corrected chi connectivity index (χ2v) is 11.3. The van der Waals surface area contributed by atoms with E-state index in [-0.39, 0.29) is 36.3 Å². The number of likely N-dealkylation sites (tertiary alicyclic amines) is 1. The number of amides is 3. The molecule has 10 nitrogen and oxygen atoms in total. The first-order valence-corrected chi connectivity index (χ1v) is 14.5. The topological polar surface area (TPSA) is 115 Å². The van der Waals surface area contributed by atoms with Gasteiger partial charge in [0.15, 0.2) is 0 Å². The fourth-order valence-electron chi connectivity index (χ4n) is 6.04. The van der Waals surface area contributed by atoms with Crippen molar-refractivity contribution in [3.05, 3.63) is 70.5 Å². The van der Waals surface area contributed by atoms with E-state index in [9.17, 15) is 14.4 Å². The van der Waals surface area contributed by atoms with Crippen molar-refractivity contribution < 1.29 is 14.4 Å². The summed E-state index contributed by atoms with van der Waals surface area (Å²) in [7, 11) is 0. The lowest BCUT2D eigenvalue weighted by Gasteiger charge is -2.40. The number of hydrogen-bond acceptors (Lipinski definition) is 6. The molecule has 0 radical (unpaired) electrons. The van der Waals surface area contributed by atoms with Crippen LogP contribution in [0.15, 0.2) is 43.1 Å². The summed E-state index contributed by atoms with van der Waals surface area (Å²) in [5.41, 5.74) is 3.57. The largest absolute Gasteiger partial charge is 0.353 e. The number of aromatic nitrogens is 2. The predicted octanol–water partition coefficient (Wildman–Crippen LogP) is 3.30. The molecule has 2 saturated heterocycles. The number of piperazine rings is 1. The number of nitrogens with zero attached hydrogens (tertiary/aromatic N) is 6. The molecular weight excluding hydrogens is 554 g/mol. The Balaban J connectivity index is 1.40. The number of nitriles is 1. The smallest absolute Gasteiger partial charge is 0.256 e. The Hall–Kier alpha value is -4.36. The summed E-state index contributed by atoms with van der Waals surface area (Å²) >= 11 is 6.49. The molecule has 1 atom stereocenters. The van der Waals surface area contributed by atoms with Crippen LogP contribution in [0.2, 0.25) is 5.02 Å². The first-order chi connectivity index (χ1) is 20.1. The van der Waals surface area contributed by atoms with Crippen LogP contribution in [0.3, 0.4) is 0 Å². The third kappa shape index (κ3) is 5.44. The van der Waals surface area contributed by atoms with E-state index in [1.165, 1.54) is 6.08 Å². The van der Waals surface area contributed by atoms with E-state index >= 15 is 0 Å². The molecule has 0 bridgehead atoms. The molecule has 0 saturated carbocycles. The highest BCUT2D eigenvalue weighted by Crippen LogP contribution is 2.34. The van der Waals surface area contributed by atoms with E-state index in [2.05, 4.69) is 27.8 Å². The Morgan fingerprint density at radius 2 is 1.98 bits per heavy atom. The molecule has 4 heterocycles. The highest BCUT2D eigenvalue weighted by Gasteiger charge is 2.34. The number of halogens is 1. The molecule has 1 aromatic carbocycles. The summed E-state index contributed by atoms with van der Waals surface area (Å²) in [6.07, 6.45) is 3.38. The minimum Gasteiger partial charge on any atom is -0.353 e. The van der Waals surface area contributed by atoms with Crippen LogP contribution in [-0.4, -0.2) is 81.9 Å². The van der Waals surface area contributed by atoms with Gasteiger partial charge in [0, 0.05) is 61.1 Å². The van der Waals surface area contributed by atoms with Crippen LogP contribution in [-0.2, 0) is 22.6 Å². The third-order valence-electron chi connectivity index (χ3n) is 8.09. The van der Waals surface area contributed by atoms with Gasteiger partial charge in [-0.2, -0.15) is 5.26 Å². The van der Waals surface area contributed by atoms with Gasteiger partial charge in [-0.1, -0.05) is 25.1 Å². The number of anilines is 1. The maximum Gasteiger partial charge on any atom is 0.256 e. The highest BCUT2D eigenvalue weighted by atomic mass is 35.5. The van der Waals surface area contributed by atoms with Gasteiger partial charge in [0.1, 0.15) is 18.4 Å². The van der Waals surface area contributed by atoms with Crippen molar-refractivity contribution >= 4 is 46.0 Å². The van der Waals surface area contributed by atoms with E-state index in [1.54, 1.807) is 17.2 Å². The molecule has 11 heteroatoms. The summed E-state index contributed by atoms with van der Waals surface area (Å²) in [6, 6.07) is 9.12. The number of aryl methyl sites for hydroxylation is 1. The van der Waals surface area contributed by atoms with Gasteiger partial charge in [-0.3, -0.25) is 14.4 Å². The SMILES string of the molecule is C=CC(=O)N1CC(NC(=O)Cn2c(CC)c(C(=O)N3CCN(c4ccc(C#N)cn4)C[C@H]3C)c3cc(Cl)cc(C)c32)C1. The number of nitrogens with one attached hydrogen (secondary N) is 1. The lowest BCUT2D eigenvalue weighted by Crippen LogP contribution is -2.61. The lowest BCUT2D eigenvalue weighted by molar-refractivity contribution is -0.133. The summed E-state index contributed by atoms with van der Waals surface area (Å²) < 4.78 is 1.94. The monoisotopic (exact) mass is 587 g/mol. The average Bonchev–Trinajstić information content (AvgIpc) is 3.26. The van der Waals surface area contributed by atoms with Crippen LogP contribution >= 0.6 is 11.6 Å². The van der Waals surface area contributed by atoms with Crippen molar-refractivity contribution in [2.24, 2.45) is 0 Å². The molecule has 3 amide bonds. The van der Waals surface area contributed by atoms with E-state index in [0.717, 1.165) is 28.0 Å². The van der Waals surface area contributed by atoms with E-state index in [4.69, 9.17) is 16.9 Å². The Morgan fingerprint density at radius 1 is 1.21 bits per heavy atom. The first-order valence-electron chi connectivity index (χ1n) is 14.1. The molecule has 1 N–H and O–H groups in total. The highest BCUT2D eigenvalue weighted by molar-refractivity contribution is 6.31. The van der Waals surface area contributed by atoms with Crippen LogP contribution in [0.4, 0.5) is 5.82 Å². The Labute approximate surface area is 250 Å². The second kappa shape index (κ2) is 11.9. The first kappa shape index (κ1) is 29.1. The van der Waals surface area contributed by atoms with Gasteiger partial charge in [-0.05, 0) is 56.2 Å². The molecule has 2 fully saturated rings. The normalized spacial score (nSPS) is 17.1. The van der Waals surface area contributed by atoms with Crippen LogP contribution in [0.1, 0.15) is 41.0 Å². The quantitative estimate of drug-likeness (QED) is 0.424. The molecule has 2 aliphatic heterocycles. The Kier molecular flexibility index (Phi) is 8.23. The third-order valence-corrected chi connectivity index (χ3v) is 8.31. The predicted molar refractivity (Wildman–Crippen MR) is 161 cm³/mol. The summed E-state index contributed by atoms with van der Waals surface area (Å²) in [6.45, 7) is 12.1. The van der Waals surface area contributed by atoms with Gasteiger partial charge in [-0.15, -0.1) is 0 Å². The van der Waals surface area contributed by atoms with Crippen molar-refractivity contribution in [3.8, 4) is 6.07 Å². The number of rotatable bonds is 7. The van der Waals surface area contributed by atoms with Crippen LogP contribution in [0, 0.1) is 18.3 Å². The zero-order chi connectivity index (χ0) is 30.1. The maximum absolute atomic E-state index is 14.3. The summed E-state index contributed by atoms with van der Waals surface area (Å²) in [5, 5.41) is 13.4. The summed E-state index contributed by atoms with van der Waals surface area (Å²) in [5.74, 6) is 0.359. The molecule has 218 valence electrons. The molecule has 5 rings (SSSR count). The van der Waals surface area contributed by atoms with Crippen molar-refractivity contribution in [1.29, 1.82) is 5.26 Å². The second-order valence-electron chi connectivity index (χ2n) is 10.9. The molecule has 2 aliphatic rings. The molecule has 42 heavy (non-hydrogen) atoms. The molecule has 0 aliphatic carbocycles. The van der Waals surface area contributed by atoms with Gasteiger partial charge in [0.25, 0.3) is 5.91 Å². The van der Waals surface area contributed by atoms with Crippen molar-refractivity contribution in [2.75, 3.05) is 37.6 Å². The maximum atomic E-state index is 14.3. The lowest BCUT2D eigenvalue weighted by atomic mass is 10.0. The van der Waals surface area contributed by atoms with Crippen molar-refractivity contribution in [2.45, 2.75) is 45.8 Å². The number of hydrogen-bond donors (Lipinski definition) is 1. The summed E-state index contributed by atoms with van der Waals surface area (Å²) in [4.78, 5) is 49.3. The fourth-order valence-corrected chi connectivity index (χ4v) is 6.31. The number of benzene rings is 1. The minimum atomic E-state index is -0.178. The van der Waals surface area contributed by atoms with Crippen LogP contribution < -0.4 is 10.2 Å². The number of carbonyl (C=O) groups excluding carboxylic acids is 3. The zero-order valence-corrected chi connectivity index (χ0v) is 24.8. The van der Waals surface area contributed by atoms with Crippen LogP contribution in [0.5, 0.6) is 0 Å². The van der Waals surface area contributed by atoms with E-state index < -0.39 is 0 Å². The number of carbonyl (C=O) groups is 3. The van der Waals surface area contributed by atoms with Crippen molar-refractivity contribution in [3.63, 3.8) is 0 Å². The Morgan fingerprint density at radius 3 is 2.60 bits per heavy atom. The molecule has 0 unspecified atom stereocenters. The van der Waals surface area contributed by atoms with Gasteiger partial charge in [-0.25, -0.2) is 4.98 Å². The average molecular weight is 588 g/mol. The molecule has 3 aromatic rings. The molecular formula is C31H34ClN7O3. The fraction of sp³-hybridized carbons (Fsp3) is 0.387. The van der Waals surface area contributed by atoms with Gasteiger partial charge < -0.3 is 24.6 Å². The minimum absolute atomic E-state index is 0.0506. The molecule has 2 aromatic heterocycles. The number of pyridine rings is 1. The van der Waals surface area contributed by atoms with E-state index in [0.29, 0.717) is 55.3 Å². The Bertz CT molecular complexity index is 1600. The van der Waals surface area contributed by atoms with Gasteiger partial charge in [0.05, 0.1) is 22.7 Å². The van der Waals surface area contributed by atoms with Gasteiger partial charge in [0.2, 0.25) is 11.8 Å². The van der Waals surface area contributed by atoms with Gasteiger partial charge >= 0.3 is 0 Å². The standard InChI is InChI=1S/C31H34ClN7O3/c1-5-25-29(31(42)38-10-9-36(15-20(38)4)26-8-7-21(13-33)14-34-26)24-12-22(32)11-19(3)30(24)39(25)18-27(40)35-23-16-37(17-23)28(41)6-2/h6-8,11-12,14,20,23H,2,5,9-10,15-18H2,1,3-4H3,(H,35,40)/t20-/m1/s1. The molecule has 0 spiro atoms. The van der Waals surface area contributed by atoms with E-state index in [1.807, 2.05) is 48.4 Å². The van der Waals surface area contributed by atoms with Crippen molar-refractivity contribution in [1.82, 2.24) is 24.7 Å². The number of fused-ring (bicyclic) bond motifs is 1.